The minimum absolute atomic E-state index is 0.414. The number of rotatable bonds is 4. The first-order chi connectivity index (χ1) is 6.66. The summed E-state index contributed by atoms with van der Waals surface area (Å²) >= 11 is 0. The Hall–Kier alpha value is -1.26. The maximum Gasteiger partial charge on any atom is 0.410 e. The first kappa shape index (κ1) is 10.8. The van der Waals surface area contributed by atoms with Gasteiger partial charge in [0.05, 0.1) is 6.61 Å². The molecule has 1 atom stereocenters. The van der Waals surface area contributed by atoms with Crippen LogP contribution in [-0.2, 0) is 9.53 Å². The zero-order chi connectivity index (χ0) is 10.6. The summed E-state index contributed by atoms with van der Waals surface area (Å²) in [6, 6.07) is -0.455. The van der Waals surface area contributed by atoms with E-state index in [0.717, 1.165) is 12.8 Å². The number of hydrogen-bond donors (Lipinski definition) is 1. The molecule has 0 aromatic rings. The van der Waals surface area contributed by atoms with Gasteiger partial charge in [-0.3, -0.25) is 9.69 Å². The number of unbranched alkanes of at least 4 members (excludes halogenated alkanes) is 1. The summed E-state index contributed by atoms with van der Waals surface area (Å²) in [7, 11) is 0. The predicted molar refractivity (Wildman–Crippen MR) is 50.6 cm³/mol. The lowest BCUT2D eigenvalue weighted by molar-refractivity contribution is -0.126. The van der Waals surface area contributed by atoms with E-state index in [1.54, 1.807) is 0 Å². The van der Waals surface area contributed by atoms with E-state index >= 15 is 0 Å². The summed E-state index contributed by atoms with van der Waals surface area (Å²) in [4.78, 5) is 23.5. The lowest BCUT2D eigenvalue weighted by atomic mass is 10.0. The van der Waals surface area contributed by atoms with E-state index in [1.807, 2.05) is 6.92 Å². The fraction of sp³-hybridized carbons (Fsp3) is 0.778. The Balaban J connectivity index is 2.27. The van der Waals surface area contributed by atoms with Crippen LogP contribution < -0.4 is 5.73 Å². The average Bonchev–Trinajstić information content (AvgIpc) is 2.01. The number of nitrogens with zero attached hydrogens (tertiary/aromatic N) is 1. The highest BCUT2D eigenvalue weighted by Gasteiger charge is 2.37. The van der Waals surface area contributed by atoms with Gasteiger partial charge in [-0.05, 0) is 12.8 Å². The van der Waals surface area contributed by atoms with Gasteiger partial charge in [-0.25, -0.2) is 4.79 Å². The van der Waals surface area contributed by atoms with Gasteiger partial charge in [0, 0.05) is 6.54 Å². The lowest BCUT2D eigenvalue weighted by Crippen LogP contribution is -2.57. The van der Waals surface area contributed by atoms with Crippen molar-refractivity contribution < 1.29 is 14.3 Å². The van der Waals surface area contributed by atoms with Crippen molar-refractivity contribution in [2.45, 2.75) is 32.2 Å². The summed E-state index contributed by atoms with van der Waals surface area (Å²) in [5.74, 6) is -0.455. The van der Waals surface area contributed by atoms with Gasteiger partial charge >= 0.3 is 6.09 Å². The molecular formula is C9H16N2O3. The van der Waals surface area contributed by atoms with E-state index in [0.29, 0.717) is 19.6 Å². The largest absolute Gasteiger partial charge is 0.449 e. The van der Waals surface area contributed by atoms with Crippen molar-refractivity contribution in [2.24, 2.45) is 5.73 Å². The molecule has 0 saturated carbocycles. The Morgan fingerprint density at radius 1 is 1.57 bits per heavy atom. The van der Waals surface area contributed by atoms with Crippen LogP contribution in [0.2, 0.25) is 0 Å². The third-order valence-corrected chi connectivity index (χ3v) is 2.31. The van der Waals surface area contributed by atoms with Crippen LogP contribution in [0.5, 0.6) is 0 Å². The van der Waals surface area contributed by atoms with Crippen molar-refractivity contribution >= 4 is 12.0 Å². The van der Waals surface area contributed by atoms with Gasteiger partial charge < -0.3 is 10.5 Å². The first-order valence-electron chi connectivity index (χ1n) is 4.89. The summed E-state index contributed by atoms with van der Waals surface area (Å²) in [5.41, 5.74) is 5.09. The second kappa shape index (κ2) is 4.83. The SMILES string of the molecule is CCCCOC(=O)N1CC[C@H]1C(N)=O. The molecule has 1 aliphatic heterocycles. The highest BCUT2D eigenvalue weighted by Crippen LogP contribution is 2.17. The van der Waals surface area contributed by atoms with Gasteiger partial charge in [0.25, 0.3) is 0 Å². The topological polar surface area (TPSA) is 72.6 Å². The molecule has 0 radical (unpaired) electrons. The van der Waals surface area contributed by atoms with Crippen LogP contribution in [-0.4, -0.2) is 36.1 Å². The molecule has 5 heteroatoms. The maximum absolute atomic E-state index is 11.3. The van der Waals surface area contributed by atoms with Gasteiger partial charge in [-0.15, -0.1) is 0 Å². The zero-order valence-corrected chi connectivity index (χ0v) is 8.36. The molecule has 2 N–H and O–H groups in total. The quantitative estimate of drug-likeness (QED) is 0.671. The molecule has 0 unspecified atom stereocenters. The predicted octanol–water partition coefficient (Wildman–Crippen LogP) is 0.483. The highest BCUT2D eigenvalue weighted by molar-refractivity contribution is 5.85. The smallest absolute Gasteiger partial charge is 0.410 e. The lowest BCUT2D eigenvalue weighted by Gasteiger charge is -2.37. The molecule has 80 valence electrons. The third-order valence-electron chi connectivity index (χ3n) is 2.31. The molecule has 1 fully saturated rings. The molecule has 0 aromatic carbocycles. The number of nitrogens with two attached hydrogens (primary N) is 1. The molecule has 0 spiro atoms. The van der Waals surface area contributed by atoms with E-state index in [4.69, 9.17) is 10.5 Å². The Morgan fingerprint density at radius 3 is 2.71 bits per heavy atom. The summed E-state index contributed by atoms with van der Waals surface area (Å²) in [6.07, 6.45) is 2.06. The van der Waals surface area contributed by atoms with Gasteiger partial charge in [0.1, 0.15) is 6.04 Å². The monoisotopic (exact) mass is 200 g/mol. The summed E-state index contributed by atoms with van der Waals surface area (Å²) < 4.78 is 4.95. The van der Waals surface area contributed by atoms with Crippen molar-refractivity contribution in [3.8, 4) is 0 Å². The van der Waals surface area contributed by atoms with Crippen LogP contribution >= 0.6 is 0 Å². The van der Waals surface area contributed by atoms with Crippen molar-refractivity contribution in [1.82, 2.24) is 4.90 Å². The minimum atomic E-state index is -0.455. The summed E-state index contributed by atoms with van der Waals surface area (Å²) in [6.45, 7) is 3.00. The van der Waals surface area contributed by atoms with Crippen molar-refractivity contribution in [3.63, 3.8) is 0 Å². The number of carbonyl (C=O) groups is 2. The number of hydrogen-bond acceptors (Lipinski definition) is 3. The standard InChI is InChI=1S/C9H16N2O3/c1-2-3-6-14-9(13)11-5-4-7(11)8(10)12/h7H,2-6H2,1H3,(H2,10,12)/t7-/m0/s1. The second-order valence-corrected chi connectivity index (χ2v) is 3.37. The van der Waals surface area contributed by atoms with Crippen molar-refractivity contribution in [1.29, 1.82) is 0 Å². The van der Waals surface area contributed by atoms with Crippen LogP contribution in [0.4, 0.5) is 4.79 Å². The maximum atomic E-state index is 11.3. The zero-order valence-electron chi connectivity index (χ0n) is 8.36. The number of carbonyl (C=O) groups excluding carboxylic acids is 2. The highest BCUT2D eigenvalue weighted by atomic mass is 16.6. The molecule has 0 aromatic heterocycles. The Bertz CT molecular complexity index is 230. The van der Waals surface area contributed by atoms with Crippen LogP contribution in [0.15, 0.2) is 0 Å². The molecule has 1 aliphatic rings. The van der Waals surface area contributed by atoms with Gasteiger partial charge in [0.15, 0.2) is 0 Å². The van der Waals surface area contributed by atoms with E-state index in [2.05, 4.69) is 0 Å². The number of likely N-dealkylation sites (tertiary alicyclic amines) is 1. The van der Waals surface area contributed by atoms with Gasteiger partial charge in [-0.1, -0.05) is 13.3 Å². The summed E-state index contributed by atoms with van der Waals surface area (Å²) in [5, 5.41) is 0. The normalized spacial score (nSPS) is 20.1. The fourth-order valence-corrected chi connectivity index (χ4v) is 1.29. The van der Waals surface area contributed by atoms with Crippen LogP contribution in [0.3, 0.4) is 0 Å². The van der Waals surface area contributed by atoms with E-state index < -0.39 is 18.0 Å². The van der Waals surface area contributed by atoms with Gasteiger partial charge in [-0.2, -0.15) is 0 Å². The number of amides is 2. The fourth-order valence-electron chi connectivity index (χ4n) is 1.29. The number of ether oxygens (including phenoxy) is 1. The molecule has 0 aliphatic carbocycles. The molecule has 1 heterocycles. The second-order valence-electron chi connectivity index (χ2n) is 3.37. The van der Waals surface area contributed by atoms with Crippen LogP contribution in [0, 0.1) is 0 Å². The molecule has 2 amide bonds. The Morgan fingerprint density at radius 2 is 2.29 bits per heavy atom. The average molecular weight is 200 g/mol. The van der Waals surface area contributed by atoms with Gasteiger partial charge in [0.2, 0.25) is 5.91 Å². The van der Waals surface area contributed by atoms with Crippen LogP contribution in [0.25, 0.3) is 0 Å². The Kier molecular flexibility index (Phi) is 3.73. The molecule has 0 bridgehead atoms. The van der Waals surface area contributed by atoms with E-state index in [1.165, 1.54) is 4.90 Å². The van der Waals surface area contributed by atoms with Crippen molar-refractivity contribution in [3.05, 3.63) is 0 Å². The third kappa shape index (κ3) is 2.37. The van der Waals surface area contributed by atoms with Crippen LogP contribution in [0.1, 0.15) is 26.2 Å². The van der Waals surface area contributed by atoms with E-state index in [-0.39, 0.29) is 0 Å². The van der Waals surface area contributed by atoms with Crippen molar-refractivity contribution in [2.75, 3.05) is 13.2 Å². The number of primary amides is 1. The molecule has 1 rings (SSSR count). The molecular weight excluding hydrogens is 184 g/mol. The first-order valence-corrected chi connectivity index (χ1v) is 4.89. The Labute approximate surface area is 83.2 Å². The van der Waals surface area contributed by atoms with E-state index in [9.17, 15) is 9.59 Å². The molecule has 14 heavy (non-hydrogen) atoms. The molecule has 1 saturated heterocycles. The molecule has 5 nitrogen and oxygen atoms in total. The minimum Gasteiger partial charge on any atom is -0.449 e.